The fourth-order valence-electron chi connectivity index (χ4n) is 6.79. The molecule has 1 unspecified atom stereocenters. The summed E-state index contributed by atoms with van der Waals surface area (Å²) in [6.07, 6.45) is 7.70. The molecule has 6 rings (SSSR count). The predicted octanol–water partition coefficient (Wildman–Crippen LogP) is 6.85. The van der Waals surface area contributed by atoms with Crippen molar-refractivity contribution in [2.24, 2.45) is 5.92 Å². The van der Waals surface area contributed by atoms with Crippen molar-refractivity contribution in [2.75, 3.05) is 11.6 Å². The van der Waals surface area contributed by atoms with Gasteiger partial charge in [-0.05, 0) is 79.8 Å². The lowest BCUT2D eigenvalue weighted by Gasteiger charge is -2.42. The number of nitrogens with one attached hydrogen (secondary N) is 1. The monoisotopic (exact) mass is 507 g/mol. The van der Waals surface area contributed by atoms with Crippen molar-refractivity contribution >= 4 is 23.4 Å². The Morgan fingerprint density at radius 2 is 1.65 bits per heavy atom. The Labute approximate surface area is 224 Å². The fraction of sp³-hybridized carbons (Fsp3) is 0.375. The lowest BCUT2D eigenvalue weighted by atomic mass is 9.70. The van der Waals surface area contributed by atoms with Crippen LogP contribution in [0.2, 0.25) is 0 Å². The second kappa shape index (κ2) is 9.91. The molecule has 2 aliphatic heterocycles. The molecule has 37 heavy (non-hydrogen) atoms. The molecule has 1 amide bonds. The highest BCUT2D eigenvalue weighted by atomic mass is 32.2. The number of carbonyl (C=O) groups excluding carboxylic acids is 1. The van der Waals surface area contributed by atoms with E-state index in [9.17, 15) is 10.1 Å². The van der Waals surface area contributed by atoms with Crippen molar-refractivity contribution in [3.63, 3.8) is 0 Å². The summed E-state index contributed by atoms with van der Waals surface area (Å²) in [7, 11) is 0. The third-order valence-electron chi connectivity index (χ3n) is 8.85. The molecule has 3 aromatic rings. The molecule has 0 aromatic heterocycles. The lowest BCUT2D eigenvalue weighted by Crippen LogP contribution is -2.51. The van der Waals surface area contributed by atoms with Crippen LogP contribution < -0.4 is 10.2 Å². The van der Waals surface area contributed by atoms with Gasteiger partial charge >= 0.3 is 0 Å². The van der Waals surface area contributed by atoms with Gasteiger partial charge in [0, 0.05) is 15.5 Å². The first-order valence-corrected chi connectivity index (χ1v) is 14.3. The van der Waals surface area contributed by atoms with Gasteiger partial charge in [0.2, 0.25) is 5.91 Å². The Bertz CT molecular complexity index is 1330. The molecule has 5 heteroatoms. The SMILES string of the molecule is N#CC1(CCCC2CCC3(CC2)C(=O)NCN3c2ccccc2)Cc2ccccc2Sc2ccccc21. The third kappa shape index (κ3) is 4.32. The van der Waals surface area contributed by atoms with Crippen LogP contribution in [0.3, 0.4) is 0 Å². The van der Waals surface area contributed by atoms with E-state index in [1.807, 2.05) is 18.2 Å². The normalized spacial score (nSPS) is 26.6. The summed E-state index contributed by atoms with van der Waals surface area (Å²) in [6, 6.07) is 30.2. The number of carbonyl (C=O) groups is 1. The lowest BCUT2D eigenvalue weighted by molar-refractivity contribution is -0.124. The molecule has 1 saturated carbocycles. The first-order valence-electron chi connectivity index (χ1n) is 13.5. The molecule has 2 heterocycles. The van der Waals surface area contributed by atoms with Crippen molar-refractivity contribution in [2.45, 2.75) is 72.1 Å². The fourth-order valence-corrected chi connectivity index (χ4v) is 7.96. The van der Waals surface area contributed by atoms with E-state index in [2.05, 4.69) is 76.9 Å². The number of benzene rings is 3. The van der Waals surface area contributed by atoms with Crippen LogP contribution in [0, 0.1) is 17.2 Å². The van der Waals surface area contributed by atoms with Gasteiger partial charge in [0.1, 0.15) is 5.54 Å². The minimum Gasteiger partial charge on any atom is -0.339 e. The van der Waals surface area contributed by atoms with Crippen molar-refractivity contribution in [1.82, 2.24) is 5.32 Å². The van der Waals surface area contributed by atoms with Crippen LogP contribution in [0.1, 0.15) is 56.1 Å². The van der Waals surface area contributed by atoms with Gasteiger partial charge in [-0.25, -0.2) is 0 Å². The molecule has 1 saturated heterocycles. The smallest absolute Gasteiger partial charge is 0.247 e. The highest BCUT2D eigenvalue weighted by Gasteiger charge is 2.50. The molecule has 3 aliphatic rings. The molecule has 1 atom stereocenters. The summed E-state index contributed by atoms with van der Waals surface area (Å²) in [5.41, 5.74) is 2.68. The van der Waals surface area contributed by atoms with Crippen molar-refractivity contribution in [1.29, 1.82) is 5.26 Å². The number of hydrogen-bond acceptors (Lipinski definition) is 4. The second-order valence-corrected chi connectivity index (χ2v) is 12.0. The van der Waals surface area contributed by atoms with Crippen LogP contribution in [0.5, 0.6) is 0 Å². The molecule has 0 bridgehead atoms. The summed E-state index contributed by atoms with van der Waals surface area (Å²) >= 11 is 1.80. The molecule has 1 N–H and O–H groups in total. The van der Waals surface area contributed by atoms with Gasteiger partial charge in [0.15, 0.2) is 0 Å². The topological polar surface area (TPSA) is 56.1 Å². The summed E-state index contributed by atoms with van der Waals surface area (Å²) in [6.45, 7) is 0.594. The molecular weight excluding hydrogens is 474 g/mol. The average Bonchev–Trinajstić information content (AvgIpc) is 3.17. The summed E-state index contributed by atoms with van der Waals surface area (Å²) in [5, 5.41) is 13.7. The minimum absolute atomic E-state index is 0.185. The molecule has 188 valence electrons. The zero-order valence-electron chi connectivity index (χ0n) is 21.2. The molecule has 2 fully saturated rings. The number of fused-ring (bicyclic) bond motifs is 2. The predicted molar refractivity (Wildman–Crippen MR) is 148 cm³/mol. The van der Waals surface area contributed by atoms with E-state index in [0.717, 1.165) is 57.1 Å². The number of hydrogen-bond donors (Lipinski definition) is 1. The minimum atomic E-state index is -0.498. The van der Waals surface area contributed by atoms with E-state index < -0.39 is 11.0 Å². The Kier molecular flexibility index (Phi) is 6.46. The van der Waals surface area contributed by atoms with Gasteiger partial charge in [-0.2, -0.15) is 5.26 Å². The van der Waals surface area contributed by atoms with Gasteiger partial charge < -0.3 is 10.2 Å². The van der Waals surface area contributed by atoms with Crippen molar-refractivity contribution < 1.29 is 4.79 Å². The van der Waals surface area contributed by atoms with E-state index in [4.69, 9.17) is 0 Å². The Morgan fingerprint density at radius 1 is 0.946 bits per heavy atom. The van der Waals surface area contributed by atoms with Gasteiger partial charge in [0.25, 0.3) is 0 Å². The number of amides is 1. The molecule has 1 spiro atoms. The summed E-state index contributed by atoms with van der Waals surface area (Å²) < 4.78 is 0. The van der Waals surface area contributed by atoms with E-state index in [0.29, 0.717) is 12.6 Å². The number of para-hydroxylation sites is 1. The van der Waals surface area contributed by atoms with E-state index >= 15 is 0 Å². The standard InChI is InChI=1S/C32H33N3OS/c33-22-31(21-25-10-4-6-14-28(25)37-29-15-7-5-13-27(29)31)18-8-9-24-16-19-32(20-17-24)30(36)34-23-35(32)26-11-2-1-3-12-26/h1-7,10-15,24H,8-9,16-21,23H2,(H,34,36). The molecule has 3 aromatic carbocycles. The Hall–Kier alpha value is -3.23. The zero-order chi connectivity index (χ0) is 25.3. The molecule has 0 radical (unpaired) electrons. The van der Waals surface area contributed by atoms with E-state index in [1.54, 1.807) is 11.8 Å². The maximum absolute atomic E-state index is 13.0. The zero-order valence-corrected chi connectivity index (χ0v) is 22.0. The van der Waals surface area contributed by atoms with Crippen LogP contribution in [-0.2, 0) is 16.6 Å². The molecule has 4 nitrogen and oxygen atoms in total. The van der Waals surface area contributed by atoms with E-state index in [-0.39, 0.29) is 5.91 Å². The quantitative estimate of drug-likeness (QED) is 0.410. The van der Waals surface area contributed by atoms with Crippen LogP contribution in [-0.4, -0.2) is 18.1 Å². The molecule has 1 aliphatic carbocycles. The van der Waals surface area contributed by atoms with Gasteiger partial charge in [-0.1, -0.05) is 79.2 Å². The second-order valence-electron chi connectivity index (χ2n) is 10.9. The van der Waals surface area contributed by atoms with Crippen LogP contribution >= 0.6 is 11.8 Å². The van der Waals surface area contributed by atoms with Gasteiger partial charge in [0.05, 0.1) is 18.2 Å². The number of anilines is 1. The summed E-state index contributed by atoms with van der Waals surface area (Å²) in [4.78, 5) is 17.8. The molecular formula is C32H33N3OS. The Morgan fingerprint density at radius 3 is 2.43 bits per heavy atom. The van der Waals surface area contributed by atoms with E-state index in [1.165, 1.54) is 20.9 Å². The third-order valence-corrected chi connectivity index (χ3v) is 10.0. The average molecular weight is 508 g/mol. The van der Waals surface area contributed by atoms with Gasteiger partial charge in [-0.15, -0.1) is 0 Å². The highest BCUT2D eigenvalue weighted by molar-refractivity contribution is 7.99. The largest absolute Gasteiger partial charge is 0.339 e. The number of nitrogens with zero attached hydrogens (tertiary/aromatic N) is 2. The summed E-state index contributed by atoms with van der Waals surface area (Å²) in [5.74, 6) is 0.791. The highest BCUT2D eigenvalue weighted by Crippen LogP contribution is 2.47. The van der Waals surface area contributed by atoms with Crippen molar-refractivity contribution in [3.8, 4) is 6.07 Å². The maximum Gasteiger partial charge on any atom is 0.247 e. The first kappa shape index (κ1) is 24.1. The number of rotatable bonds is 5. The van der Waals surface area contributed by atoms with Crippen LogP contribution in [0.4, 0.5) is 5.69 Å². The first-order chi connectivity index (χ1) is 18.1. The maximum atomic E-state index is 13.0. The van der Waals surface area contributed by atoms with Gasteiger partial charge in [-0.3, -0.25) is 4.79 Å². The van der Waals surface area contributed by atoms with Crippen molar-refractivity contribution in [3.05, 3.63) is 90.0 Å². The van der Waals surface area contributed by atoms with Crippen LogP contribution in [0.25, 0.3) is 0 Å². The van der Waals surface area contributed by atoms with Crippen LogP contribution in [0.15, 0.2) is 88.7 Å². The number of nitriles is 1. The Balaban J connectivity index is 1.15.